The molecule has 1 heterocycles. The minimum absolute atomic E-state index is 0.210. The van der Waals surface area contributed by atoms with Crippen molar-refractivity contribution < 1.29 is 18.3 Å². The highest BCUT2D eigenvalue weighted by Crippen LogP contribution is 2.24. The second kappa shape index (κ2) is 7.08. The molecule has 118 valence electrons. The SMILES string of the molecule is CCOc1ccc(NS(=O)(=O)N2CCNCC2)cc1CO. The summed E-state index contributed by atoms with van der Waals surface area (Å²) in [4.78, 5) is 0. The molecule has 21 heavy (non-hydrogen) atoms. The predicted octanol–water partition coefficient (Wildman–Crippen LogP) is 0.140. The van der Waals surface area contributed by atoms with E-state index in [1.165, 1.54) is 4.31 Å². The Morgan fingerprint density at radius 2 is 2.10 bits per heavy atom. The summed E-state index contributed by atoms with van der Waals surface area (Å²) in [5.41, 5.74) is 0.971. The molecule has 0 atom stereocenters. The van der Waals surface area contributed by atoms with Gasteiger partial charge >= 0.3 is 10.2 Å². The molecule has 0 aliphatic carbocycles. The summed E-state index contributed by atoms with van der Waals surface area (Å²) in [6, 6.07) is 4.87. The molecule has 1 aromatic rings. The Hall–Kier alpha value is -1.35. The lowest BCUT2D eigenvalue weighted by Gasteiger charge is -2.27. The van der Waals surface area contributed by atoms with Crippen LogP contribution in [0.3, 0.4) is 0 Å². The van der Waals surface area contributed by atoms with Crippen LogP contribution in [0.2, 0.25) is 0 Å². The highest BCUT2D eigenvalue weighted by atomic mass is 32.2. The van der Waals surface area contributed by atoms with Crippen molar-refractivity contribution in [2.45, 2.75) is 13.5 Å². The number of piperazine rings is 1. The van der Waals surface area contributed by atoms with Crippen molar-refractivity contribution in [2.24, 2.45) is 0 Å². The van der Waals surface area contributed by atoms with Crippen molar-refractivity contribution in [1.82, 2.24) is 9.62 Å². The molecule has 2 rings (SSSR count). The molecule has 1 saturated heterocycles. The zero-order valence-electron chi connectivity index (χ0n) is 12.0. The Labute approximate surface area is 125 Å². The maximum Gasteiger partial charge on any atom is 0.301 e. The number of aliphatic hydroxyl groups excluding tert-OH is 1. The van der Waals surface area contributed by atoms with Gasteiger partial charge in [-0.3, -0.25) is 4.72 Å². The molecule has 0 radical (unpaired) electrons. The van der Waals surface area contributed by atoms with E-state index >= 15 is 0 Å². The van der Waals surface area contributed by atoms with E-state index in [0.717, 1.165) is 0 Å². The number of ether oxygens (including phenoxy) is 1. The van der Waals surface area contributed by atoms with Crippen molar-refractivity contribution in [3.8, 4) is 5.75 Å². The second-order valence-corrected chi connectivity index (χ2v) is 6.34. The number of nitrogens with one attached hydrogen (secondary N) is 2. The van der Waals surface area contributed by atoms with Gasteiger partial charge in [0.05, 0.1) is 18.9 Å². The summed E-state index contributed by atoms with van der Waals surface area (Å²) in [5.74, 6) is 0.560. The van der Waals surface area contributed by atoms with E-state index in [0.29, 0.717) is 49.8 Å². The van der Waals surface area contributed by atoms with Crippen LogP contribution in [0.4, 0.5) is 5.69 Å². The van der Waals surface area contributed by atoms with Crippen molar-refractivity contribution in [1.29, 1.82) is 0 Å². The van der Waals surface area contributed by atoms with Crippen molar-refractivity contribution >= 4 is 15.9 Å². The first-order valence-corrected chi connectivity index (χ1v) is 8.36. The lowest BCUT2D eigenvalue weighted by atomic mass is 10.2. The normalized spacial score (nSPS) is 16.7. The molecular weight excluding hydrogens is 294 g/mol. The average Bonchev–Trinajstić information content (AvgIpc) is 2.49. The molecule has 0 unspecified atom stereocenters. The molecule has 1 aliphatic heterocycles. The quantitative estimate of drug-likeness (QED) is 0.695. The molecule has 0 spiro atoms. The monoisotopic (exact) mass is 315 g/mol. The first-order valence-electron chi connectivity index (χ1n) is 6.92. The van der Waals surface area contributed by atoms with Crippen LogP contribution in [0.25, 0.3) is 0 Å². The zero-order valence-corrected chi connectivity index (χ0v) is 12.8. The number of hydrogen-bond acceptors (Lipinski definition) is 5. The molecule has 7 nitrogen and oxygen atoms in total. The standard InChI is InChI=1S/C13H21N3O4S/c1-2-20-13-4-3-12(9-11(13)10-17)15-21(18,19)16-7-5-14-6-8-16/h3-4,9,14-15,17H,2,5-8,10H2,1H3. The van der Waals surface area contributed by atoms with Crippen LogP contribution >= 0.6 is 0 Å². The lowest BCUT2D eigenvalue weighted by Crippen LogP contribution is -2.48. The van der Waals surface area contributed by atoms with Gasteiger partial charge in [0, 0.05) is 31.7 Å². The molecule has 0 amide bonds. The summed E-state index contributed by atoms with van der Waals surface area (Å²) < 4.78 is 33.8. The molecule has 0 saturated carbocycles. The minimum Gasteiger partial charge on any atom is -0.494 e. The van der Waals surface area contributed by atoms with E-state index in [9.17, 15) is 13.5 Å². The van der Waals surface area contributed by atoms with E-state index in [1.807, 2.05) is 6.92 Å². The lowest BCUT2D eigenvalue weighted by molar-refractivity contribution is 0.267. The smallest absolute Gasteiger partial charge is 0.301 e. The van der Waals surface area contributed by atoms with Crippen LogP contribution in [0.15, 0.2) is 18.2 Å². The maximum absolute atomic E-state index is 12.3. The second-order valence-electron chi connectivity index (χ2n) is 4.67. The summed E-state index contributed by atoms with van der Waals surface area (Å²) in [6.45, 7) is 4.30. The Balaban J connectivity index is 2.14. The van der Waals surface area contributed by atoms with Gasteiger partial charge in [0.25, 0.3) is 0 Å². The van der Waals surface area contributed by atoms with Gasteiger partial charge < -0.3 is 15.2 Å². The third-order valence-corrected chi connectivity index (χ3v) is 4.73. The molecule has 0 bridgehead atoms. The Bertz CT molecular complexity index is 571. The average molecular weight is 315 g/mol. The molecular formula is C13H21N3O4S. The minimum atomic E-state index is -3.57. The van der Waals surface area contributed by atoms with Gasteiger partial charge in [-0.25, -0.2) is 0 Å². The van der Waals surface area contributed by atoms with Crippen LogP contribution < -0.4 is 14.8 Å². The molecule has 8 heteroatoms. The fraction of sp³-hybridized carbons (Fsp3) is 0.538. The molecule has 3 N–H and O–H groups in total. The summed E-state index contributed by atoms with van der Waals surface area (Å²) >= 11 is 0. The predicted molar refractivity (Wildman–Crippen MR) is 80.5 cm³/mol. The molecule has 1 aromatic carbocycles. The van der Waals surface area contributed by atoms with Gasteiger partial charge in [0.1, 0.15) is 5.75 Å². The fourth-order valence-corrected chi connectivity index (χ4v) is 3.38. The number of nitrogens with zero attached hydrogens (tertiary/aromatic N) is 1. The fourth-order valence-electron chi connectivity index (χ4n) is 2.16. The van der Waals surface area contributed by atoms with Gasteiger partial charge in [-0.15, -0.1) is 0 Å². The van der Waals surface area contributed by atoms with E-state index in [2.05, 4.69) is 10.0 Å². The van der Waals surface area contributed by atoms with Crippen LogP contribution in [0, 0.1) is 0 Å². The van der Waals surface area contributed by atoms with E-state index in [-0.39, 0.29) is 6.61 Å². The summed E-state index contributed by atoms with van der Waals surface area (Å²) in [5, 5.41) is 12.4. The van der Waals surface area contributed by atoms with Gasteiger partial charge in [-0.2, -0.15) is 12.7 Å². The Morgan fingerprint density at radius 1 is 1.38 bits per heavy atom. The highest BCUT2D eigenvalue weighted by molar-refractivity contribution is 7.90. The summed E-state index contributed by atoms with van der Waals surface area (Å²) in [7, 11) is -3.57. The number of hydrogen-bond donors (Lipinski definition) is 3. The number of anilines is 1. The number of benzene rings is 1. The maximum atomic E-state index is 12.3. The van der Waals surface area contributed by atoms with Crippen LogP contribution in [-0.2, 0) is 16.8 Å². The van der Waals surface area contributed by atoms with Gasteiger partial charge in [-0.1, -0.05) is 0 Å². The van der Waals surface area contributed by atoms with Gasteiger partial charge in [0.15, 0.2) is 0 Å². The van der Waals surface area contributed by atoms with Gasteiger partial charge in [0.2, 0.25) is 0 Å². The molecule has 1 fully saturated rings. The van der Waals surface area contributed by atoms with Crippen molar-refractivity contribution in [2.75, 3.05) is 37.5 Å². The first-order chi connectivity index (χ1) is 10.1. The molecule has 0 aromatic heterocycles. The third kappa shape index (κ3) is 4.07. The van der Waals surface area contributed by atoms with Crippen molar-refractivity contribution in [3.63, 3.8) is 0 Å². The van der Waals surface area contributed by atoms with Crippen LogP contribution in [0.5, 0.6) is 5.75 Å². The van der Waals surface area contributed by atoms with Crippen LogP contribution in [0.1, 0.15) is 12.5 Å². The first kappa shape index (κ1) is 16.0. The van der Waals surface area contributed by atoms with E-state index in [4.69, 9.17) is 4.74 Å². The highest BCUT2D eigenvalue weighted by Gasteiger charge is 2.23. The zero-order chi connectivity index (χ0) is 15.3. The Kier molecular flexibility index (Phi) is 5.40. The largest absolute Gasteiger partial charge is 0.494 e. The van der Waals surface area contributed by atoms with Crippen LogP contribution in [-0.4, -0.2) is 50.6 Å². The summed E-state index contributed by atoms with van der Waals surface area (Å²) in [6.07, 6.45) is 0. The van der Waals surface area contributed by atoms with Gasteiger partial charge in [-0.05, 0) is 25.1 Å². The van der Waals surface area contributed by atoms with E-state index < -0.39 is 10.2 Å². The topological polar surface area (TPSA) is 90.9 Å². The molecule has 1 aliphatic rings. The number of aliphatic hydroxyl groups is 1. The van der Waals surface area contributed by atoms with Crippen molar-refractivity contribution in [3.05, 3.63) is 23.8 Å². The Morgan fingerprint density at radius 3 is 2.71 bits per heavy atom. The number of rotatable bonds is 6. The third-order valence-electron chi connectivity index (χ3n) is 3.19. The van der Waals surface area contributed by atoms with E-state index in [1.54, 1.807) is 18.2 Å².